The molecule has 4 aromatic rings. The summed E-state index contributed by atoms with van der Waals surface area (Å²) < 4.78 is 0. The first kappa shape index (κ1) is 23.3. The molecule has 0 saturated carbocycles. The fourth-order valence-electron chi connectivity index (χ4n) is 4.72. The minimum absolute atomic E-state index is 0.0495. The molecule has 5 rings (SSSR count). The van der Waals surface area contributed by atoms with Crippen LogP contribution in [0.25, 0.3) is 11.0 Å². The maximum absolute atomic E-state index is 13.8. The van der Waals surface area contributed by atoms with Gasteiger partial charge in [0.05, 0.1) is 23.0 Å². The number of likely N-dealkylation sites (tertiary alicyclic amines) is 1. The van der Waals surface area contributed by atoms with Crippen LogP contribution in [-0.2, 0) is 32.9 Å². The maximum atomic E-state index is 13.8. The van der Waals surface area contributed by atoms with Gasteiger partial charge in [-0.25, -0.2) is 0 Å². The number of carbonyl (C=O) groups is 3. The van der Waals surface area contributed by atoms with Gasteiger partial charge in [0.25, 0.3) is 0 Å². The molecule has 0 spiro atoms. The van der Waals surface area contributed by atoms with Crippen molar-refractivity contribution in [1.29, 1.82) is 0 Å². The third-order valence-corrected chi connectivity index (χ3v) is 6.66. The molecule has 0 unspecified atom stereocenters. The Bertz CT molecular complexity index is 1430. The number of rotatable bonds is 7. The number of amides is 3. The zero-order valence-corrected chi connectivity index (χ0v) is 19.9. The highest BCUT2D eigenvalue weighted by Gasteiger charge is 2.53. The first-order valence-corrected chi connectivity index (χ1v) is 11.7. The van der Waals surface area contributed by atoms with Gasteiger partial charge in [-0.15, -0.1) is 0 Å². The number of imide groups is 1. The summed E-state index contributed by atoms with van der Waals surface area (Å²) in [7, 11) is 1.71. The van der Waals surface area contributed by atoms with Gasteiger partial charge in [0.15, 0.2) is 0 Å². The second-order valence-corrected chi connectivity index (χ2v) is 9.07. The summed E-state index contributed by atoms with van der Waals surface area (Å²) in [6.45, 7) is 0.496. The number of pyridine rings is 1. The molecular formula is C28H25N5O3. The van der Waals surface area contributed by atoms with Crippen LogP contribution in [-0.4, -0.2) is 49.5 Å². The Morgan fingerprint density at radius 3 is 2.39 bits per heavy atom. The van der Waals surface area contributed by atoms with Crippen molar-refractivity contribution in [3.8, 4) is 0 Å². The number of hydrogen-bond acceptors (Lipinski definition) is 6. The average molecular weight is 480 g/mol. The summed E-state index contributed by atoms with van der Waals surface area (Å²) in [4.78, 5) is 55.8. The lowest BCUT2D eigenvalue weighted by atomic mass is 9.75. The highest BCUT2D eigenvalue weighted by Crippen LogP contribution is 2.41. The SMILES string of the molecule is CN(Cc1ccc2nccnc2c1)C(=O)C[C@]1(c2ccccc2)CC(=O)N(Cc2ccncc2)C1=O. The van der Waals surface area contributed by atoms with Crippen molar-refractivity contribution in [3.63, 3.8) is 0 Å². The minimum atomic E-state index is -1.24. The summed E-state index contributed by atoms with van der Waals surface area (Å²) in [6, 6.07) is 18.4. The molecular weight excluding hydrogens is 454 g/mol. The Morgan fingerprint density at radius 2 is 1.64 bits per heavy atom. The zero-order valence-electron chi connectivity index (χ0n) is 19.9. The van der Waals surface area contributed by atoms with Gasteiger partial charge in [-0.1, -0.05) is 36.4 Å². The van der Waals surface area contributed by atoms with Crippen molar-refractivity contribution in [2.45, 2.75) is 31.3 Å². The molecule has 0 radical (unpaired) electrons. The molecule has 0 aliphatic carbocycles. The Labute approximate surface area is 208 Å². The minimum Gasteiger partial charge on any atom is -0.341 e. The molecule has 2 aromatic carbocycles. The first-order valence-electron chi connectivity index (χ1n) is 11.7. The number of hydrogen-bond donors (Lipinski definition) is 0. The van der Waals surface area contributed by atoms with Crippen LogP contribution >= 0.6 is 0 Å². The number of nitrogens with zero attached hydrogens (tertiary/aromatic N) is 5. The second kappa shape index (κ2) is 9.65. The molecule has 180 valence electrons. The Balaban J connectivity index is 1.40. The van der Waals surface area contributed by atoms with Gasteiger partial charge >= 0.3 is 0 Å². The van der Waals surface area contributed by atoms with E-state index in [1.807, 2.05) is 48.5 Å². The summed E-state index contributed by atoms with van der Waals surface area (Å²) in [5, 5.41) is 0. The Hall–Kier alpha value is -4.46. The van der Waals surface area contributed by atoms with E-state index in [0.29, 0.717) is 12.1 Å². The largest absolute Gasteiger partial charge is 0.341 e. The maximum Gasteiger partial charge on any atom is 0.241 e. The fraction of sp³-hybridized carbons (Fsp3) is 0.214. The van der Waals surface area contributed by atoms with Crippen molar-refractivity contribution < 1.29 is 14.4 Å². The van der Waals surface area contributed by atoms with Gasteiger partial charge in [-0.2, -0.15) is 0 Å². The van der Waals surface area contributed by atoms with Crippen molar-refractivity contribution in [1.82, 2.24) is 24.8 Å². The quantitative estimate of drug-likeness (QED) is 0.378. The summed E-state index contributed by atoms with van der Waals surface area (Å²) in [5.41, 5.74) is 2.66. The van der Waals surface area contributed by atoms with Crippen LogP contribution in [0, 0.1) is 0 Å². The predicted molar refractivity (Wildman–Crippen MR) is 133 cm³/mol. The lowest BCUT2D eigenvalue weighted by Gasteiger charge is -2.29. The molecule has 3 amide bonds. The lowest BCUT2D eigenvalue weighted by molar-refractivity contribution is -0.143. The van der Waals surface area contributed by atoms with E-state index in [-0.39, 0.29) is 37.1 Å². The van der Waals surface area contributed by atoms with Crippen molar-refractivity contribution in [2.75, 3.05) is 7.05 Å². The normalized spacial score (nSPS) is 17.5. The summed E-state index contributed by atoms with van der Waals surface area (Å²) in [5.74, 6) is -0.854. The van der Waals surface area contributed by atoms with Gasteiger partial charge in [-0.05, 0) is 41.0 Å². The van der Waals surface area contributed by atoms with E-state index < -0.39 is 5.41 Å². The van der Waals surface area contributed by atoms with Gasteiger partial charge in [0, 0.05) is 51.2 Å². The molecule has 8 heteroatoms. The number of fused-ring (bicyclic) bond motifs is 1. The molecule has 3 heterocycles. The topological polar surface area (TPSA) is 96.4 Å². The highest BCUT2D eigenvalue weighted by atomic mass is 16.2. The molecule has 1 atom stereocenters. The van der Waals surface area contributed by atoms with Crippen LogP contribution in [0.5, 0.6) is 0 Å². The molecule has 1 fully saturated rings. The molecule has 1 aliphatic heterocycles. The zero-order chi connectivity index (χ0) is 25.1. The van der Waals surface area contributed by atoms with E-state index in [4.69, 9.17) is 0 Å². The summed E-state index contributed by atoms with van der Waals surface area (Å²) >= 11 is 0. The van der Waals surface area contributed by atoms with Crippen molar-refractivity contribution in [2.24, 2.45) is 0 Å². The highest BCUT2D eigenvalue weighted by molar-refractivity contribution is 6.10. The van der Waals surface area contributed by atoms with Crippen molar-refractivity contribution in [3.05, 3.63) is 102 Å². The van der Waals surface area contributed by atoms with E-state index in [0.717, 1.165) is 22.2 Å². The van der Waals surface area contributed by atoms with Gasteiger partial charge in [-0.3, -0.25) is 34.2 Å². The van der Waals surface area contributed by atoms with Crippen LogP contribution in [0.2, 0.25) is 0 Å². The Kier molecular flexibility index (Phi) is 6.25. The fourth-order valence-corrected chi connectivity index (χ4v) is 4.72. The molecule has 0 bridgehead atoms. The van der Waals surface area contributed by atoms with Crippen LogP contribution in [0.3, 0.4) is 0 Å². The van der Waals surface area contributed by atoms with Crippen molar-refractivity contribution >= 4 is 28.8 Å². The molecule has 1 saturated heterocycles. The van der Waals surface area contributed by atoms with E-state index in [1.54, 1.807) is 48.9 Å². The molecule has 0 N–H and O–H groups in total. The lowest BCUT2D eigenvalue weighted by Crippen LogP contribution is -2.42. The van der Waals surface area contributed by atoms with Gasteiger partial charge in [0.1, 0.15) is 0 Å². The van der Waals surface area contributed by atoms with E-state index >= 15 is 0 Å². The smallest absolute Gasteiger partial charge is 0.241 e. The van der Waals surface area contributed by atoms with E-state index in [9.17, 15) is 14.4 Å². The van der Waals surface area contributed by atoms with Crippen LogP contribution in [0.1, 0.15) is 29.5 Å². The van der Waals surface area contributed by atoms with Crippen LogP contribution < -0.4 is 0 Å². The molecule has 1 aliphatic rings. The number of aromatic nitrogens is 3. The average Bonchev–Trinajstić information content (AvgIpc) is 3.14. The first-order chi connectivity index (χ1) is 17.5. The third kappa shape index (κ3) is 4.45. The molecule has 8 nitrogen and oxygen atoms in total. The van der Waals surface area contributed by atoms with E-state index in [1.165, 1.54) is 4.90 Å². The second-order valence-electron chi connectivity index (χ2n) is 9.07. The van der Waals surface area contributed by atoms with Crippen LogP contribution in [0.15, 0.2) is 85.5 Å². The molecule has 36 heavy (non-hydrogen) atoms. The predicted octanol–water partition coefficient (Wildman–Crippen LogP) is 3.27. The monoisotopic (exact) mass is 479 g/mol. The number of benzene rings is 2. The number of carbonyl (C=O) groups excluding carboxylic acids is 3. The van der Waals surface area contributed by atoms with Gasteiger partial charge in [0.2, 0.25) is 17.7 Å². The summed E-state index contributed by atoms with van der Waals surface area (Å²) in [6.07, 6.45) is 6.37. The third-order valence-electron chi connectivity index (χ3n) is 6.66. The van der Waals surface area contributed by atoms with Gasteiger partial charge < -0.3 is 4.90 Å². The van der Waals surface area contributed by atoms with E-state index in [2.05, 4.69) is 15.0 Å². The Morgan fingerprint density at radius 1 is 0.917 bits per heavy atom. The standard InChI is InChI=1S/C28H25N5O3/c1-32(18-21-7-8-23-24(15-21)31-14-13-30-23)25(34)16-28(22-5-3-2-4-6-22)17-26(35)33(27(28)36)19-20-9-11-29-12-10-20/h2-15H,16-19H2,1H3/t28-/m1/s1. The van der Waals surface area contributed by atoms with Crippen LogP contribution in [0.4, 0.5) is 0 Å². The molecule has 2 aromatic heterocycles.